The lowest BCUT2D eigenvalue weighted by molar-refractivity contribution is -0.191. The lowest BCUT2D eigenvalue weighted by Gasteiger charge is -2.40. The van der Waals surface area contributed by atoms with Crippen LogP contribution in [-0.4, -0.2) is 61.3 Å². The normalized spacial score (nSPS) is 24.1. The van der Waals surface area contributed by atoms with E-state index in [1.54, 1.807) is 23.1 Å². The molecule has 24 heavy (non-hydrogen) atoms. The third-order valence-corrected chi connectivity index (χ3v) is 4.70. The minimum Gasteiger partial charge on any atom is -0.381 e. The molecule has 2 fully saturated rings. The van der Waals surface area contributed by atoms with Gasteiger partial charge in [-0.3, -0.25) is 9.69 Å². The van der Waals surface area contributed by atoms with Crippen LogP contribution < -0.4 is 0 Å². The predicted molar refractivity (Wildman–Crippen MR) is 82.3 cm³/mol. The lowest BCUT2D eigenvalue weighted by atomic mass is 10.0. The first-order valence-electron chi connectivity index (χ1n) is 8.19. The van der Waals surface area contributed by atoms with Gasteiger partial charge >= 0.3 is 6.18 Å². The molecular formula is C17H21F3N2O2. The predicted octanol–water partition coefficient (Wildman–Crippen LogP) is 2.47. The number of hydrogen-bond acceptors (Lipinski definition) is 3. The summed E-state index contributed by atoms with van der Waals surface area (Å²) in [5, 5.41) is 0. The van der Waals surface area contributed by atoms with Crippen LogP contribution in [0.1, 0.15) is 18.0 Å². The molecule has 1 aromatic carbocycles. The third-order valence-electron chi connectivity index (χ3n) is 4.70. The average Bonchev–Trinajstić information content (AvgIpc) is 3.09. The van der Waals surface area contributed by atoms with Crippen LogP contribution in [-0.2, 0) is 9.53 Å². The molecule has 0 N–H and O–H groups in total. The van der Waals surface area contributed by atoms with Gasteiger partial charge in [0, 0.05) is 32.8 Å². The van der Waals surface area contributed by atoms with Crippen molar-refractivity contribution in [3.05, 3.63) is 35.9 Å². The maximum Gasteiger partial charge on any atom is 0.408 e. The Labute approximate surface area is 139 Å². The molecule has 0 bridgehead atoms. The Morgan fingerprint density at radius 2 is 1.79 bits per heavy atom. The summed E-state index contributed by atoms with van der Waals surface area (Å²) in [4.78, 5) is 15.4. The first-order valence-corrected chi connectivity index (χ1v) is 8.19. The van der Waals surface area contributed by atoms with Crippen LogP contribution in [0, 0.1) is 5.92 Å². The Morgan fingerprint density at radius 1 is 1.12 bits per heavy atom. The van der Waals surface area contributed by atoms with Crippen molar-refractivity contribution in [1.82, 2.24) is 9.80 Å². The number of nitrogens with zero attached hydrogens (tertiary/aromatic N) is 2. The molecule has 0 spiro atoms. The molecule has 4 nitrogen and oxygen atoms in total. The molecular weight excluding hydrogens is 321 g/mol. The SMILES string of the molecule is O=C([C@@H]1CCOC1)N1CCN([C@H](c2ccccc2)C(F)(F)F)CC1. The number of carbonyl (C=O) groups excluding carboxylic acids is 1. The zero-order valence-corrected chi connectivity index (χ0v) is 13.3. The van der Waals surface area contributed by atoms with Crippen LogP contribution in [0.2, 0.25) is 0 Å². The summed E-state index contributed by atoms with van der Waals surface area (Å²) < 4.78 is 45.9. The number of hydrogen-bond donors (Lipinski definition) is 0. The Bertz CT molecular complexity index is 551. The molecule has 2 aliphatic heterocycles. The van der Waals surface area contributed by atoms with Crippen LogP contribution in [0.15, 0.2) is 30.3 Å². The van der Waals surface area contributed by atoms with Gasteiger partial charge in [-0.25, -0.2) is 0 Å². The number of benzene rings is 1. The molecule has 0 saturated carbocycles. The van der Waals surface area contributed by atoms with E-state index in [-0.39, 0.29) is 30.5 Å². The number of alkyl halides is 3. The quantitative estimate of drug-likeness (QED) is 0.846. The molecule has 3 rings (SSSR count). The third kappa shape index (κ3) is 3.72. The van der Waals surface area contributed by atoms with Gasteiger partial charge in [0.25, 0.3) is 0 Å². The van der Waals surface area contributed by atoms with Gasteiger partial charge in [-0.2, -0.15) is 13.2 Å². The molecule has 2 aliphatic rings. The summed E-state index contributed by atoms with van der Waals surface area (Å²) >= 11 is 0. The van der Waals surface area contributed by atoms with E-state index in [4.69, 9.17) is 4.74 Å². The largest absolute Gasteiger partial charge is 0.408 e. The highest BCUT2D eigenvalue weighted by Gasteiger charge is 2.45. The summed E-state index contributed by atoms with van der Waals surface area (Å²) in [6.07, 6.45) is -3.64. The Kier molecular flexibility index (Phi) is 5.10. The Balaban J connectivity index is 1.66. The first-order chi connectivity index (χ1) is 11.5. The first kappa shape index (κ1) is 17.2. The van der Waals surface area contributed by atoms with E-state index < -0.39 is 12.2 Å². The van der Waals surface area contributed by atoms with E-state index in [9.17, 15) is 18.0 Å². The molecule has 0 aromatic heterocycles. The van der Waals surface area contributed by atoms with Gasteiger partial charge in [0.15, 0.2) is 0 Å². The summed E-state index contributed by atoms with van der Waals surface area (Å²) in [5.41, 5.74) is 0.244. The molecule has 7 heteroatoms. The van der Waals surface area contributed by atoms with E-state index >= 15 is 0 Å². The van der Waals surface area contributed by atoms with Crippen molar-refractivity contribution in [1.29, 1.82) is 0 Å². The van der Waals surface area contributed by atoms with Gasteiger partial charge in [-0.15, -0.1) is 0 Å². The Hall–Kier alpha value is -1.60. The summed E-state index contributed by atoms with van der Waals surface area (Å²) in [6, 6.07) is 6.33. The number of amides is 1. The molecule has 2 atom stereocenters. The van der Waals surface area contributed by atoms with E-state index in [0.717, 1.165) is 0 Å². The number of piperazine rings is 1. The lowest BCUT2D eigenvalue weighted by Crippen LogP contribution is -2.53. The molecule has 2 saturated heterocycles. The minimum atomic E-state index is -4.34. The van der Waals surface area contributed by atoms with Gasteiger partial charge < -0.3 is 9.64 Å². The van der Waals surface area contributed by atoms with Gasteiger partial charge in [-0.1, -0.05) is 30.3 Å². The van der Waals surface area contributed by atoms with Crippen molar-refractivity contribution in [2.24, 2.45) is 5.92 Å². The van der Waals surface area contributed by atoms with Gasteiger partial charge in [-0.05, 0) is 12.0 Å². The van der Waals surface area contributed by atoms with Gasteiger partial charge in [0.2, 0.25) is 5.91 Å². The second kappa shape index (κ2) is 7.11. The summed E-state index contributed by atoms with van der Waals surface area (Å²) in [7, 11) is 0. The number of carbonyl (C=O) groups is 1. The van der Waals surface area contributed by atoms with Crippen molar-refractivity contribution in [3.63, 3.8) is 0 Å². The van der Waals surface area contributed by atoms with Crippen LogP contribution in [0.3, 0.4) is 0 Å². The molecule has 1 aromatic rings. The fourth-order valence-corrected chi connectivity index (χ4v) is 3.43. The van der Waals surface area contributed by atoms with Crippen LogP contribution in [0.5, 0.6) is 0 Å². The van der Waals surface area contributed by atoms with Gasteiger partial charge in [0.05, 0.1) is 12.5 Å². The zero-order valence-electron chi connectivity index (χ0n) is 13.3. The standard InChI is InChI=1S/C17H21F3N2O2/c18-17(19,20)15(13-4-2-1-3-5-13)21-7-9-22(10-8-21)16(23)14-6-11-24-12-14/h1-5,14-15H,6-12H2/t14-,15-/m1/s1. The molecule has 1 amide bonds. The van der Waals surface area contributed by atoms with E-state index in [2.05, 4.69) is 0 Å². The van der Waals surface area contributed by atoms with Crippen molar-refractivity contribution in [2.45, 2.75) is 18.6 Å². The fourth-order valence-electron chi connectivity index (χ4n) is 3.43. The maximum absolute atomic E-state index is 13.6. The highest BCUT2D eigenvalue weighted by atomic mass is 19.4. The van der Waals surface area contributed by atoms with E-state index in [0.29, 0.717) is 32.7 Å². The van der Waals surface area contributed by atoms with Crippen LogP contribution in [0.25, 0.3) is 0 Å². The fraction of sp³-hybridized carbons (Fsp3) is 0.588. The zero-order chi connectivity index (χ0) is 17.2. The number of rotatable bonds is 3. The van der Waals surface area contributed by atoms with Crippen LogP contribution in [0.4, 0.5) is 13.2 Å². The second-order valence-corrected chi connectivity index (χ2v) is 6.28. The summed E-state index contributed by atoms with van der Waals surface area (Å²) in [5.74, 6) is -0.125. The molecule has 0 aliphatic carbocycles. The van der Waals surface area contributed by atoms with Gasteiger partial charge in [0.1, 0.15) is 6.04 Å². The topological polar surface area (TPSA) is 32.8 Å². The second-order valence-electron chi connectivity index (χ2n) is 6.28. The minimum absolute atomic E-state index is 0.00965. The van der Waals surface area contributed by atoms with E-state index in [1.807, 2.05) is 0 Å². The highest BCUT2D eigenvalue weighted by Crippen LogP contribution is 2.38. The molecule has 0 unspecified atom stereocenters. The van der Waals surface area contributed by atoms with Crippen molar-refractivity contribution < 1.29 is 22.7 Å². The number of ether oxygens (including phenoxy) is 1. The highest BCUT2D eigenvalue weighted by molar-refractivity contribution is 5.79. The molecule has 132 valence electrons. The average molecular weight is 342 g/mol. The number of halogens is 3. The molecule has 0 radical (unpaired) electrons. The monoisotopic (exact) mass is 342 g/mol. The smallest absolute Gasteiger partial charge is 0.381 e. The molecule has 2 heterocycles. The van der Waals surface area contributed by atoms with Crippen molar-refractivity contribution >= 4 is 5.91 Å². The van der Waals surface area contributed by atoms with Crippen LogP contribution >= 0.6 is 0 Å². The Morgan fingerprint density at radius 3 is 2.33 bits per heavy atom. The van der Waals surface area contributed by atoms with E-state index in [1.165, 1.54) is 17.0 Å². The summed E-state index contributed by atoms with van der Waals surface area (Å²) in [6.45, 7) is 2.11. The van der Waals surface area contributed by atoms with Crippen molar-refractivity contribution in [2.75, 3.05) is 39.4 Å². The van der Waals surface area contributed by atoms with Crippen molar-refractivity contribution in [3.8, 4) is 0 Å². The maximum atomic E-state index is 13.6.